The fourth-order valence-electron chi connectivity index (χ4n) is 2.25. The Hall–Kier alpha value is -0.580. The number of nitrogens with zero attached hydrogens (tertiary/aromatic N) is 2. The summed E-state index contributed by atoms with van der Waals surface area (Å²) in [6, 6.07) is 0.109. The maximum Gasteiger partial charge on any atom is 0.0835 e. The summed E-state index contributed by atoms with van der Waals surface area (Å²) in [6.45, 7) is 0. The molecule has 2 rings (SSSR count). The molecule has 1 fully saturated rings. The molecule has 90 valence electrons. The highest BCUT2D eigenvalue weighted by Crippen LogP contribution is 2.40. The number of likely N-dealkylation sites (N-methyl/N-ethyl adjacent to an activating group) is 1. The maximum absolute atomic E-state index is 6.17. The molecule has 0 saturated heterocycles. The summed E-state index contributed by atoms with van der Waals surface area (Å²) in [5, 5.41) is 8.16. The van der Waals surface area contributed by atoms with Crippen LogP contribution in [0.1, 0.15) is 24.6 Å². The largest absolute Gasteiger partial charge is 0.379 e. The van der Waals surface area contributed by atoms with E-state index in [1.165, 1.54) is 12.8 Å². The highest BCUT2D eigenvalue weighted by Gasteiger charge is 2.38. The summed E-state index contributed by atoms with van der Waals surface area (Å²) in [5.41, 5.74) is 1.00. The van der Waals surface area contributed by atoms with Gasteiger partial charge in [0.05, 0.1) is 29.1 Å². The fourth-order valence-corrected chi connectivity index (χ4v) is 2.54. The van der Waals surface area contributed by atoms with Crippen LogP contribution in [0.25, 0.3) is 0 Å². The standard InChI is InChI=1S/C11H18ClN3O/c1-13-9(11(16-3)7-4-5-7)10-8(12)6-14-15(10)2/h6-7,9,11,13H,4-5H2,1-3H3. The fraction of sp³-hybridized carbons (Fsp3) is 0.727. The first-order valence-corrected chi connectivity index (χ1v) is 5.94. The van der Waals surface area contributed by atoms with Gasteiger partial charge in [-0.15, -0.1) is 0 Å². The average Bonchev–Trinajstić information content (AvgIpc) is 3.05. The molecule has 16 heavy (non-hydrogen) atoms. The van der Waals surface area contributed by atoms with Crippen LogP contribution in [0.5, 0.6) is 0 Å². The number of aryl methyl sites for hydroxylation is 1. The molecular formula is C11H18ClN3O. The van der Waals surface area contributed by atoms with Crippen LogP contribution in [0.2, 0.25) is 5.02 Å². The molecule has 1 aromatic rings. The third-order valence-electron chi connectivity index (χ3n) is 3.23. The molecule has 1 aliphatic carbocycles. The molecule has 1 heterocycles. The van der Waals surface area contributed by atoms with Crippen molar-refractivity contribution in [1.82, 2.24) is 15.1 Å². The first kappa shape index (κ1) is 11.9. The van der Waals surface area contributed by atoms with Crippen LogP contribution in [-0.2, 0) is 11.8 Å². The number of ether oxygens (including phenoxy) is 1. The highest BCUT2D eigenvalue weighted by atomic mass is 35.5. The van der Waals surface area contributed by atoms with E-state index in [0.29, 0.717) is 10.9 Å². The lowest BCUT2D eigenvalue weighted by molar-refractivity contribution is 0.0507. The number of rotatable bonds is 5. The van der Waals surface area contributed by atoms with Crippen LogP contribution in [0.4, 0.5) is 0 Å². The Morgan fingerprint density at radius 1 is 1.62 bits per heavy atom. The van der Waals surface area contributed by atoms with Crippen LogP contribution >= 0.6 is 11.6 Å². The summed E-state index contributed by atoms with van der Waals surface area (Å²) in [6.07, 6.45) is 4.34. The SMILES string of the molecule is CNC(c1c(Cl)cnn1C)C(OC)C1CC1. The van der Waals surface area contributed by atoms with Gasteiger partial charge in [0.2, 0.25) is 0 Å². The van der Waals surface area contributed by atoms with Crippen LogP contribution in [0.3, 0.4) is 0 Å². The molecule has 0 aromatic carbocycles. The second-order valence-electron chi connectivity index (χ2n) is 4.31. The molecule has 1 saturated carbocycles. The zero-order chi connectivity index (χ0) is 11.7. The molecule has 1 aliphatic rings. The summed E-state index contributed by atoms with van der Waals surface area (Å²) in [7, 11) is 5.60. The van der Waals surface area contributed by atoms with Crippen LogP contribution in [0, 0.1) is 5.92 Å². The molecule has 2 unspecified atom stereocenters. The molecule has 0 bridgehead atoms. The number of hydrogen-bond donors (Lipinski definition) is 1. The first-order chi connectivity index (χ1) is 7.69. The molecule has 0 radical (unpaired) electrons. The van der Waals surface area contributed by atoms with Crippen molar-refractivity contribution in [1.29, 1.82) is 0 Å². The molecule has 5 heteroatoms. The first-order valence-electron chi connectivity index (χ1n) is 5.56. The molecular weight excluding hydrogens is 226 g/mol. The highest BCUT2D eigenvalue weighted by molar-refractivity contribution is 6.31. The third-order valence-corrected chi connectivity index (χ3v) is 3.52. The molecule has 0 aliphatic heterocycles. The Bertz CT molecular complexity index is 343. The number of aromatic nitrogens is 2. The minimum Gasteiger partial charge on any atom is -0.379 e. The lowest BCUT2D eigenvalue weighted by atomic mass is 10.0. The monoisotopic (exact) mass is 243 g/mol. The Kier molecular flexibility index (Phi) is 3.52. The molecule has 4 nitrogen and oxygen atoms in total. The van der Waals surface area contributed by atoms with Crippen molar-refractivity contribution in [2.24, 2.45) is 13.0 Å². The van der Waals surface area contributed by atoms with E-state index < -0.39 is 0 Å². The lowest BCUT2D eigenvalue weighted by Crippen LogP contribution is -2.34. The normalized spacial score (nSPS) is 19.8. The second kappa shape index (κ2) is 4.73. The molecule has 0 amide bonds. The Morgan fingerprint density at radius 2 is 2.31 bits per heavy atom. The zero-order valence-corrected chi connectivity index (χ0v) is 10.7. The third kappa shape index (κ3) is 2.10. The minimum absolute atomic E-state index is 0.109. The van der Waals surface area contributed by atoms with Gasteiger partial charge in [-0.25, -0.2) is 0 Å². The number of halogens is 1. The number of nitrogens with one attached hydrogen (secondary N) is 1. The Morgan fingerprint density at radius 3 is 2.69 bits per heavy atom. The maximum atomic E-state index is 6.17. The molecule has 1 aromatic heterocycles. The van der Waals surface area contributed by atoms with E-state index in [2.05, 4.69) is 10.4 Å². The summed E-state index contributed by atoms with van der Waals surface area (Å²) < 4.78 is 7.42. The van der Waals surface area contributed by atoms with Gasteiger partial charge in [-0.2, -0.15) is 5.10 Å². The van der Waals surface area contributed by atoms with Gasteiger partial charge in [-0.05, 0) is 25.8 Å². The summed E-state index contributed by atoms with van der Waals surface area (Å²) in [4.78, 5) is 0. The minimum atomic E-state index is 0.109. The predicted molar refractivity (Wildman–Crippen MR) is 63.5 cm³/mol. The van der Waals surface area contributed by atoms with Crippen molar-refractivity contribution in [3.63, 3.8) is 0 Å². The summed E-state index contributed by atoms with van der Waals surface area (Å²) >= 11 is 6.17. The van der Waals surface area contributed by atoms with E-state index >= 15 is 0 Å². The van der Waals surface area contributed by atoms with E-state index in [0.717, 1.165) is 5.69 Å². The second-order valence-corrected chi connectivity index (χ2v) is 4.71. The van der Waals surface area contributed by atoms with Crippen molar-refractivity contribution in [3.8, 4) is 0 Å². The van der Waals surface area contributed by atoms with Gasteiger partial charge >= 0.3 is 0 Å². The van der Waals surface area contributed by atoms with Crippen molar-refractivity contribution < 1.29 is 4.74 Å². The van der Waals surface area contributed by atoms with Gasteiger partial charge in [0.15, 0.2) is 0 Å². The average molecular weight is 244 g/mol. The molecule has 1 N–H and O–H groups in total. The predicted octanol–water partition coefficient (Wildman–Crippen LogP) is 1.76. The van der Waals surface area contributed by atoms with Crippen molar-refractivity contribution in [2.75, 3.05) is 14.2 Å². The Balaban J connectivity index is 2.27. The van der Waals surface area contributed by atoms with Crippen LogP contribution < -0.4 is 5.32 Å². The quantitative estimate of drug-likeness (QED) is 0.857. The van der Waals surface area contributed by atoms with Gasteiger partial charge in [0, 0.05) is 14.2 Å². The topological polar surface area (TPSA) is 39.1 Å². The van der Waals surface area contributed by atoms with Crippen LogP contribution in [-0.4, -0.2) is 30.0 Å². The Labute approximate surface area is 101 Å². The molecule has 2 atom stereocenters. The smallest absolute Gasteiger partial charge is 0.0835 e. The van der Waals surface area contributed by atoms with Gasteiger partial charge in [0.1, 0.15) is 0 Å². The number of methoxy groups -OCH3 is 1. The summed E-state index contributed by atoms with van der Waals surface area (Å²) in [5.74, 6) is 0.647. The van der Waals surface area contributed by atoms with Crippen LogP contribution in [0.15, 0.2) is 6.20 Å². The van der Waals surface area contributed by atoms with E-state index in [4.69, 9.17) is 16.3 Å². The molecule has 0 spiro atoms. The number of hydrogen-bond acceptors (Lipinski definition) is 3. The van der Waals surface area contributed by atoms with Gasteiger partial charge in [0.25, 0.3) is 0 Å². The van der Waals surface area contributed by atoms with E-state index in [-0.39, 0.29) is 12.1 Å². The van der Waals surface area contributed by atoms with Crippen molar-refractivity contribution in [3.05, 3.63) is 16.9 Å². The van der Waals surface area contributed by atoms with E-state index in [9.17, 15) is 0 Å². The van der Waals surface area contributed by atoms with E-state index in [1.54, 1.807) is 13.3 Å². The van der Waals surface area contributed by atoms with Crippen molar-refractivity contribution in [2.45, 2.75) is 25.0 Å². The van der Waals surface area contributed by atoms with Gasteiger partial charge in [-0.3, -0.25) is 4.68 Å². The van der Waals surface area contributed by atoms with E-state index in [1.807, 2.05) is 18.8 Å². The van der Waals surface area contributed by atoms with Gasteiger partial charge in [-0.1, -0.05) is 11.6 Å². The lowest BCUT2D eigenvalue weighted by Gasteiger charge is -2.26. The van der Waals surface area contributed by atoms with Gasteiger partial charge < -0.3 is 10.1 Å². The zero-order valence-electron chi connectivity index (χ0n) is 9.90. The van der Waals surface area contributed by atoms with Crippen molar-refractivity contribution >= 4 is 11.6 Å².